The topological polar surface area (TPSA) is 71.5 Å². The summed E-state index contributed by atoms with van der Waals surface area (Å²) in [6, 6.07) is 3.37. The molecule has 0 saturated carbocycles. The number of hydrogen-bond donors (Lipinski definition) is 2. The number of nitrogens with zero attached hydrogens (tertiary/aromatic N) is 1. The zero-order valence-electron chi connectivity index (χ0n) is 8.85. The summed E-state index contributed by atoms with van der Waals surface area (Å²) >= 11 is 0. The SMILES string of the molecule is O=C(NCC1(O)CCOC1)c1cccnc1. The van der Waals surface area contributed by atoms with Crippen LogP contribution in [0.2, 0.25) is 0 Å². The number of carbonyl (C=O) groups is 1. The van der Waals surface area contributed by atoms with Crippen LogP contribution in [0.4, 0.5) is 0 Å². The maximum Gasteiger partial charge on any atom is 0.252 e. The van der Waals surface area contributed by atoms with E-state index in [2.05, 4.69) is 10.3 Å². The minimum atomic E-state index is -0.919. The first-order chi connectivity index (χ1) is 7.70. The van der Waals surface area contributed by atoms with E-state index >= 15 is 0 Å². The highest BCUT2D eigenvalue weighted by atomic mass is 16.5. The monoisotopic (exact) mass is 222 g/mol. The van der Waals surface area contributed by atoms with E-state index in [0.29, 0.717) is 18.6 Å². The van der Waals surface area contributed by atoms with Crippen LogP contribution in [0.1, 0.15) is 16.8 Å². The second-order valence-corrected chi connectivity index (χ2v) is 3.95. The first-order valence-electron chi connectivity index (χ1n) is 5.18. The molecular formula is C11H14N2O3. The van der Waals surface area contributed by atoms with E-state index < -0.39 is 5.60 Å². The molecule has 2 heterocycles. The third-order valence-corrected chi connectivity index (χ3v) is 2.58. The molecule has 2 N–H and O–H groups in total. The van der Waals surface area contributed by atoms with E-state index in [1.54, 1.807) is 18.3 Å². The molecular weight excluding hydrogens is 208 g/mol. The first-order valence-corrected chi connectivity index (χ1v) is 5.18. The van der Waals surface area contributed by atoms with Crippen LogP contribution in [0.15, 0.2) is 24.5 Å². The molecule has 0 radical (unpaired) electrons. The van der Waals surface area contributed by atoms with Crippen LogP contribution >= 0.6 is 0 Å². The Balaban J connectivity index is 1.89. The molecule has 0 aromatic carbocycles. The summed E-state index contributed by atoms with van der Waals surface area (Å²) in [6.07, 6.45) is 3.65. The lowest BCUT2D eigenvalue weighted by Crippen LogP contribution is -2.43. The molecule has 5 nitrogen and oxygen atoms in total. The predicted molar refractivity (Wildman–Crippen MR) is 57.0 cm³/mol. The molecule has 1 amide bonds. The largest absolute Gasteiger partial charge is 0.386 e. The van der Waals surface area contributed by atoms with Gasteiger partial charge in [-0.25, -0.2) is 0 Å². The highest BCUT2D eigenvalue weighted by Gasteiger charge is 2.32. The lowest BCUT2D eigenvalue weighted by atomic mass is 10.0. The van der Waals surface area contributed by atoms with E-state index in [1.807, 2.05) is 0 Å². The van der Waals surface area contributed by atoms with Crippen molar-refractivity contribution < 1.29 is 14.6 Å². The number of carbonyl (C=O) groups excluding carboxylic acids is 1. The van der Waals surface area contributed by atoms with Crippen molar-refractivity contribution in [2.75, 3.05) is 19.8 Å². The van der Waals surface area contributed by atoms with Gasteiger partial charge in [-0.1, -0.05) is 0 Å². The fourth-order valence-electron chi connectivity index (χ4n) is 1.58. The maximum atomic E-state index is 11.6. The normalized spacial score (nSPS) is 24.3. The Hall–Kier alpha value is -1.46. The van der Waals surface area contributed by atoms with Crippen molar-refractivity contribution in [2.24, 2.45) is 0 Å². The Morgan fingerprint density at radius 2 is 2.56 bits per heavy atom. The molecule has 1 aromatic rings. The Labute approximate surface area is 93.5 Å². The third-order valence-electron chi connectivity index (χ3n) is 2.58. The number of amides is 1. The van der Waals surface area contributed by atoms with Gasteiger partial charge in [-0.15, -0.1) is 0 Å². The van der Waals surface area contributed by atoms with E-state index in [-0.39, 0.29) is 19.1 Å². The standard InChI is InChI=1S/C11H14N2O3/c14-10(9-2-1-4-12-6-9)13-7-11(15)3-5-16-8-11/h1-2,4,6,15H,3,5,7-8H2,(H,13,14). The molecule has 0 aliphatic carbocycles. The lowest BCUT2D eigenvalue weighted by molar-refractivity contribution is 0.0264. The molecule has 1 unspecified atom stereocenters. The molecule has 1 aliphatic heterocycles. The van der Waals surface area contributed by atoms with Gasteiger partial charge in [0.2, 0.25) is 0 Å². The molecule has 0 spiro atoms. The van der Waals surface area contributed by atoms with Gasteiger partial charge >= 0.3 is 0 Å². The van der Waals surface area contributed by atoms with Gasteiger partial charge in [0.15, 0.2) is 0 Å². The summed E-state index contributed by atoms with van der Waals surface area (Å²) in [6.45, 7) is 1.03. The summed E-state index contributed by atoms with van der Waals surface area (Å²) in [5.41, 5.74) is -0.428. The van der Waals surface area contributed by atoms with Crippen molar-refractivity contribution in [2.45, 2.75) is 12.0 Å². The Kier molecular flexibility index (Phi) is 3.17. The minimum absolute atomic E-state index is 0.209. The third kappa shape index (κ3) is 2.56. The number of aliphatic hydroxyl groups is 1. The number of ether oxygens (including phenoxy) is 1. The molecule has 0 bridgehead atoms. The minimum Gasteiger partial charge on any atom is -0.386 e. The fraction of sp³-hybridized carbons (Fsp3) is 0.455. The summed E-state index contributed by atoms with van der Waals surface area (Å²) in [4.78, 5) is 15.5. The van der Waals surface area contributed by atoms with E-state index in [0.717, 1.165) is 0 Å². The molecule has 1 atom stereocenters. The van der Waals surface area contributed by atoms with Crippen LogP contribution in [0.3, 0.4) is 0 Å². The molecule has 16 heavy (non-hydrogen) atoms. The van der Waals surface area contributed by atoms with Crippen LogP contribution < -0.4 is 5.32 Å². The lowest BCUT2D eigenvalue weighted by Gasteiger charge is -2.20. The molecule has 1 aromatic heterocycles. The quantitative estimate of drug-likeness (QED) is 0.753. The smallest absolute Gasteiger partial charge is 0.252 e. The van der Waals surface area contributed by atoms with Gasteiger partial charge < -0.3 is 15.2 Å². The van der Waals surface area contributed by atoms with Crippen molar-refractivity contribution in [1.82, 2.24) is 10.3 Å². The number of nitrogens with one attached hydrogen (secondary N) is 1. The second-order valence-electron chi connectivity index (χ2n) is 3.95. The van der Waals surface area contributed by atoms with Crippen LogP contribution in [-0.4, -0.2) is 41.4 Å². The molecule has 1 saturated heterocycles. The van der Waals surface area contributed by atoms with Crippen LogP contribution in [0.5, 0.6) is 0 Å². The summed E-state index contributed by atoms with van der Waals surface area (Å²) in [5.74, 6) is -0.228. The van der Waals surface area contributed by atoms with Gasteiger partial charge in [-0.05, 0) is 12.1 Å². The molecule has 1 fully saturated rings. The number of hydrogen-bond acceptors (Lipinski definition) is 4. The van der Waals surface area contributed by atoms with Crippen molar-refractivity contribution in [3.8, 4) is 0 Å². The Bertz CT molecular complexity index is 361. The Morgan fingerprint density at radius 1 is 1.69 bits per heavy atom. The highest BCUT2D eigenvalue weighted by molar-refractivity contribution is 5.93. The van der Waals surface area contributed by atoms with Crippen molar-refractivity contribution in [1.29, 1.82) is 0 Å². The predicted octanol–water partition coefficient (Wildman–Crippen LogP) is -0.0372. The van der Waals surface area contributed by atoms with Gasteiger partial charge in [0, 0.05) is 32.0 Å². The van der Waals surface area contributed by atoms with Crippen molar-refractivity contribution in [3.63, 3.8) is 0 Å². The van der Waals surface area contributed by atoms with E-state index in [1.165, 1.54) is 6.20 Å². The van der Waals surface area contributed by atoms with Gasteiger partial charge in [-0.2, -0.15) is 0 Å². The highest BCUT2D eigenvalue weighted by Crippen LogP contribution is 2.16. The first kappa shape index (κ1) is 11.0. The van der Waals surface area contributed by atoms with Gasteiger partial charge in [0.1, 0.15) is 5.60 Å². The van der Waals surface area contributed by atoms with Gasteiger partial charge in [-0.3, -0.25) is 9.78 Å². The van der Waals surface area contributed by atoms with Crippen LogP contribution in [0.25, 0.3) is 0 Å². The van der Waals surface area contributed by atoms with Crippen molar-refractivity contribution in [3.05, 3.63) is 30.1 Å². The second kappa shape index (κ2) is 4.59. The number of pyridine rings is 1. The molecule has 86 valence electrons. The average Bonchev–Trinajstić information content (AvgIpc) is 2.75. The van der Waals surface area contributed by atoms with Crippen molar-refractivity contribution >= 4 is 5.91 Å². The zero-order chi connectivity index (χ0) is 11.4. The van der Waals surface area contributed by atoms with Crippen LogP contribution in [0, 0.1) is 0 Å². The van der Waals surface area contributed by atoms with Gasteiger partial charge in [0.25, 0.3) is 5.91 Å². The summed E-state index contributed by atoms with van der Waals surface area (Å²) in [5, 5.41) is 12.6. The van der Waals surface area contributed by atoms with Crippen LogP contribution in [-0.2, 0) is 4.74 Å². The number of rotatable bonds is 3. The summed E-state index contributed by atoms with van der Waals surface area (Å²) < 4.78 is 5.08. The zero-order valence-corrected chi connectivity index (χ0v) is 8.85. The summed E-state index contributed by atoms with van der Waals surface area (Å²) in [7, 11) is 0. The van der Waals surface area contributed by atoms with Gasteiger partial charge in [0.05, 0.1) is 12.2 Å². The maximum absolute atomic E-state index is 11.6. The number of aromatic nitrogens is 1. The van der Waals surface area contributed by atoms with E-state index in [4.69, 9.17) is 4.74 Å². The molecule has 1 aliphatic rings. The Morgan fingerprint density at radius 3 is 3.19 bits per heavy atom. The molecule has 2 rings (SSSR count). The molecule has 5 heteroatoms. The average molecular weight is 222 g/mol. The fourth-order valence-corrected chi connectivity index (χ4v) is 1.58. The van der Waals surface area contributed by atoms with E-state index in [9.17, 15) is 9.90 Å².